The zero-order chi connectivity index (χ0) is 28.3. The SMILES string of the molecule is CC(C)(C)OC(=O)NCCCC[C@@H](NC(=O)OC(C)(C)C)C(=O)N1CCC[C@H]1C(=O)OCc1ccccc1. The second kappa shape index (κ2) is 14.0. The second-order valence-corrected chi connectivity index (χ2v) is 11.4. The fourth-order valence-electron chi connectivity index (χ4n) is 3.99. The highest BCUT2D eigenvalue weighted by Gasteiger charge is 2.38. The van der Waals surface area contributed by atoms with Gasteiger partial charge in [-0.3, -0.25) is 4.79 Å². The molecule has 2 N–H and O–H groups in total. The summed E-state index contributed by atoms with van der Waals surface area (Å²) in [6, 6.07) is 7.76. The highest BCUT2D eigenvalue weighted by molar-refractivity contribution is 5.90. The van der Waals surface area contributed by atoms with Crippen molar-refractivity contribution in [2.45, 2.75) is 104 Å². The van der Waals surface area contributed by atoms with Crippen molar-refractivity contribution >= 4 is 24.1 Å². The Morgan fingerprint density at radius 3 is 2.21 bits per heavy atom. The third-order valence-electron chi connectivity index (χ3n) is 5.61. The predicted molar refractivity (Wildman–Crippen MR) is 142 cm³/mol. The van der Waals surface area contributed by atoms with Crippen molar-refractivity contribution in [1.82, 2.24) is 15.5 Å². The maximum absolute atomic E-state index is 13.5. The molecule has 3 amide bonds. The highest BCUT2D eigenvalue weighted by Crippen LogP contribution is 2.22. The van der Waals surface area contributed by atoms with E-state index in [-0.39, 0.29) is 12.5 Å². The highest BCUT2D eigenvalue weighted by atomic mass is 16.6. The van der Waals surface area contributed by atoms with E-state index in [1.54, 1.807) is 41.5 Å². The van der Waals surface area contributed by atoms with Gasteiger partial charge in [-0.1, -0.05) is 30.3 Å². The average molecular weight is 534 g/mol. The maximum atomic E-state index is 13.5. The lowest BCUT2D eigenvalue weighted by molar-refractivity contribution is -0.155. The Balaban J connectivity index is 1.98. The number of alkyl carbamates (subject to hydrolysis) is 2. The van der Waals surface area contributed by atoms with Gasteiger partial charge < -0.3 is 29.7 Å². The number of carbonyl (C=O) groups excluding carboxylic acids is 4. The van der Waals surface area contributed by atoms with Gasteiger partial charge in [0.25, 0.3) is 0 Å². The Hall–Kier alpha value is -3.30. The van der Waals surface area contributed by atoms with Gasteiger partial charge >= 0.3 is 18.2 Å². The predicted octanol–water partition coefficient (Wildman–Crippen LogP) is 4.31. The number of hydrogen-bond acceptors (Lipinski definition) is 7. The molecule has 0 aromatic heterocycles. The van der Waals surface area contributed by atoms with Crippen molar-refractivity contribution in [2.75, 3.05) is 13.1 Å². The molecule has 1 aromatic rings. The van der Waals surface area contributed by atoms with Gasteiger partial charge in [0.15, 0.2) is 0 Å². The Morgan fingerprint density at radius 2 is 1.58 bits per heavy atom. The zero-order valence-corrected chi connectivity index (χ0v) is 23.5. The molecule has 1 fully saturated rings. The molecule has 10 heteroatoms. The van der Waals surface area contributed by atoms with Gasteiger partial charge in [0.05, 0.1) is 0 Å². The smallest absolute Gasteiger partial charge is 0.408 e. The van der Waals surface area contributed by atoms with Crippen LogP contribution in [0.1, 0.15) is 79.2 Å². The molecule has 0 unspecified atom stereocenters. The molecule has 0 spiro atoms. The van der Waals surface area contributed by atoms with Gasteiger partial charge in [-0.15, -0.1) is 0 Å². The lowest BCUT2D eigenvalue weighted by Gasteiger charge is -2.29. The average Bonchev–Trinajstić information content (AvgIpc) is 3.29. The fourth-order valence-corrected chi connectivity index (χ4v) is 3.99. The summed E-state index contributed by atoms with van der Waals surface area (Å²) in [7, 11) is 0. The van der Waals surface area contributed by atoms with E-state index < -0.39 is 41.4 Å². The number of unbranched alkanes of at least 4 members (excludes halogenated alkanes) is 1. The number of hydrogen-bond donors (Lipinski definition) is 2. The van der Waals surface area contributed by atoms with Crippen molar-refractivity contribution in [3.63, 3.8) is 0 Å². The molecule has 1 saturated heterocycles. The number of rotatable bonds is 10. The van der Waals surface area contributed by atoms with Crippen molar-refractivity contribution in [2.24, 2.45) is 0 Å². The first-order chi connectivity index (χ1) is 17.7. The molecule has 1 aliphatic heterocycles. The third kappa shape index (κ3) is 11.4. The fraction of sp³-hybridized carbons (Fsp3) is 0.643. The molecular formula is C28H43N3O7. The first-order valence-electron chi connectivity index (χ1n) is 13.2. The number of carbonyl (C=O) groups is 4. The van der Waals surface area contributed by atoms with Crippen LogP contribution in [-0.2, 0) is 30.4 Å². The standard InChI is InChI=1S/C28H43N3O7/c1-27(2,3)37-25(34)29-17-11-10-15-21(30-26(35)38-28(4,5)6)23(32)31-18-12-16-22(31)24(33)36-19-20-13-8-7-9-14-20/h7-9,13-14,21-22H,10-12,15-19H2,1-6H3,(H,29,34)(H,30,35)/t21-,22+/m1/s1. The number of benzene rings is 1. The molecule has 2 atom stereocenters. The van der Waals surface area contributed by atoms with Crippen LogP contribution in [-0.4, -0.2) is 65.3 Å². The monoisotopic (exact) mass is 533 g/mol. The summed E-state index contributed by atoms with van der Waals surface area (Å²) in [4.78, 5) is 52.2. The van der Waals surface area contributed by atoms with Crippen LogP contribution in [0, 0.1) is 0 Å². The molecule has 0 radical (unpaired) electrons. The molecule has 0 aliphatic carbocycles. The first kappa shape index (κ1) is 30.9. The Labute approximate surface area is 225 Å². The van der Waals surface area contributed by atoms with Gasteiger partial charge in [-0.2, -0.15) is 0 Å². The number of amides is 3. The van der Waals surface area contributed by atoms with Gasteiger partial charge in [0.1, 0.15) is 29.9 Å². The lowest BCUT2D eigenvalue weighted by Crippen LogP contribution is -2.52. The van der Waals surface area contributed by atoms with E-state index in [4.69, 9.17) is 14.2 Å². The van der Waals surface area contributed by atoms with Gasteiger partial charge in [0.2, 0.25) is 5.91 Å². The van der Waals surface area contributed by atoms with Crippen LogP contribution in [0.3, 0.4) is 0 Å². The molecule has 2 rings (SSSR count). The number of esters is 1. The molecule has 1 aromatic carbocycles. The number of likely N-dealkylation sites (tertiary alicyclic amines) is 1. The topological polar surface area (TPSA) is 123 Å². The van der Waals surface area contributed by atoms with Gasteiger partial charge in [-0.25, -0.2) is 14.4 Å². The molecular weight excluding hydrogens is 490 g/mol. The van der Waals surface area contributed by atoms with Crippen LogP contribution in [0.25, 0.3) is 0 Å². The van der Waals surface area contributed by atoms with E-state index in [2.05, 4.69) is 10.6 Å². The molecule has 0 saturated carbocycles. The largest absolute Gasteiger partial charge is 0.459 e. The van der Waals surface area contributed by atoms with E-state index in [1.807, 2.05) is 30.3 Å². The van der Waals surface area contributed by atoms with E-state index in [9.17, 15) is 19.2 Å². The van der Waals surface area contributed by atoms with Crippen LogP contribution >= 0.6 is 0 Å². The van der Waals surface area contributed by atoms with E-state index >= 15 is 0 Å². The third-order valence-corrected chi connectivity index (χ3v) is 5.61. The van der Waals surface area contributed by atoms with Crippen molar-refractivity contribution in [3.05, 3.63) is 35.9 Å². The molecule has 212 valence electrons. The minimum atomic E-state index is -0.881. The summed E-state index contributed by atoms with van der Waals surface area (Å²) in [6.45, 7) is 11.5. The Kier molecular flexibility index (Phi) is 11.4. The van der Waals surface area contributed by atoms with Gasteiger partial charge in [0, 0.05) is 13.1 Å². The number of nitrogens with one attached hydrogen (secondary N) is 2. The van der Waals surface area contributed by atoms with Crippen molar-refractivity contribution in [3.8, 4) is 0 Å². The van der Waals surface area contributed by atoms with Crippen LogP contribution in [0.2, 0.25) is 0 Å². The van der Waals surface area contributed by atoms with Crippen molar-refractivity contribution < 1.29 is 33.4 Å². The molecule has 10 nitrogen and oxygen atoms in total. The molecule has 1 heterocycles. The first-order valence-corrected chi connectivity index (χ1v) is 13.2. The zero-order valence-electron chi connectivity index (χ0n) is 23.5. The maximum Gasteiger partial charge on any atom is 0.408 e. The lowest BCUT2D eigenvalue weighted by atomic mass is 10.1. The molecule has 0 bridgehead atoms. The molecule has 38 heavy (non-hydrogen) atoms. The van der Waals surface area contributed by atoms with Crippen LogP contribution in [0.4, 0.5) is 9.59 Å². The number of ether oxygens (including phenoxy) is 3. The van der Waals surface area contributed by atoms with Crippen molar-refractivity contribution in [1.29, 1.82) is 0 Å². The minimum absolute atomic E-state index is 0.127. The normalized spacial score (nSPS) is 16.4. The Morgan fingerprint density at radius 1 is 0.947 bits per heavy atom. The Bertz CT molecular complexity index is 938. The van der Waals surface area contributed by atoms with Crippen LogP contribution in [0.15, 0.2) is 30.3 Å². The van der Waals surface area contributed by atoms with Gasteiger partial charge in [-0.05, 0) is 79.2 Å². The summed E-state index contributed by atoms with van der Waals surface area (Å²) in [5, 5.41) is 5.37. The summed E-state index contributed by atoms with van der Waals surface area (Å²) < 4.78 is 16.1. The summed E-state index contributed by atoms with van der Waals surface area (Å²) >= 11 is 0. The van der Waals surface area contributed by atoms with Crippen LogP contribution < -0.4 is 10.6 Å². The minimum Gasteiger partial charge on any atom is -0.459 e. The van der Waals surface area contributed by atoms with Crippen LogP contribution in [0.5, 0.6) is 0 Å². The molecule has 1 aliphatic rings. The second-order valence-electron chi connectivity index (χ2n) is 11.4. The van der Waals surface area contributed by atoms with E-state index in [0.29, 0.717) is 45.2 Å². The summed E-state index contributed by atoms with van der Waals surface area (Å²) in [6.07, 6.45) is 1.38. The van der Waals surface area contributed by atoms with E-state index in [0.717, 1.165) is 5.56 Å². The summed E-state index contributed by atoms with van der Waals surface area (Å²) in [5.41, 5.74) is -0.457. The number of nitrogens with zero attached hydrogens (tertiary/aromatic N) is 1. The van der Waals surface area contributed by atoms with E-state index in [1.165, 1.54) is 4.90 Å². The quantitative estimate of drug-likeness (QED) is 0.261. The summed E-state index contributed by atoms with van der Waals surface area (Å²) in [5.74, 6) is -0.813.